The first-order valence-electron chi connectivity index (χ1n) is 8.43. The van der Waals surface area contributed by atoms with Crippen LogP contribution in [-0.2, 0) is 11.2 Å². The van der Waals surface area contributed by atoms with Gasteiger partial charge in [0.2, 0.25) is 0 Å². The first-order valence-corrected chi connectivity index (χ1v) is 8.43. The number of morpholine rings is 1. The van der Waals surface area contributed by atoms with Gasteiger partial charge in [0.1, 0.15) is 5.76 Å². The van der Waals surface area contributed by atoms with Crippen LogP contribution in [0, 0.1) is 5.92 Å². The van der Waals surface area contributed by atoms with Crippen molar-refractivity contribution in [3.05, 3.63) is 17.8 Å². The second kappa shape index (κ2) is 7.77. The Labute approximate surface area is 133 Å². The fourth-order valence-electron chi connectivity index (χ4n) is 2.84. The predicted octanol–water partition coefficient (Wildman–Crippen LogP) is 3.29. The highest BCUT2D eigenvalue weighted by molar-refractivity contribution is 5.93. The van der Waals surface area contributed by atoms with E-state index >= 15 is 0 Å². The SMILES string of the molecule is CCCC[C@@H]1CN(C(=O)c2ncoc2CC)C[C@H](C(C)C)O1. The van der Waals surface area contributed by atoms with Crippen molar-refractivity contribution < 1.29 is 13.9 Å². The van der Waals surface area contributed by atoms with Gasteiger partial charge in [0.05, 0.1) is 12.2 Å². The fraction of sp³-hybridized carbons (Fsp3) is 0.765. The van der Waals surface area contributed by atoms with Gasteiger partial charge in [-0.3, -0.25) is 4.79 Å². The fourth-order valence-corrected chi connectivity index (χ4v) is 2.84. The molecule has 1 aromatic heterocycles. The number of oxazole rings is 1. The molecule has 0 N–H and O–H groups in total. The van der Waals surface area contributed by atoms with Crippen LogP contribution < -0.4 is 0 Å². The third kappa shape index (κ3) is 3.88. The van der Waals surface area contributed by atoms with Crippen molar-refractivity contribution >= 4 is 5.91 Å². The number of hydrogen-bond acceptors (Lipinski definition) is 4. The Hall–Kier alpha value is -1.36. The summed E-state index contributed by atoms with van der Waals surface area (Å²) < 4.78 is 11.5. The Balaban J connectivity index is 2.11. The molecule has 1 saturated heterocycles. The molecular formula is C17H28N2O3. The molecule has 1 aromatic rings. The maximum Gasteiger partial charge on any atom is 0.276 e. The van der Waals surface area contributed by atoms with Crippen molar-refractivity contribution in [3.63, 3.8) is 0 Å². The highest BCUT2D eigenvalue weighted by atomic mass is 16.5. The molecule has 0 spiro atoms. The number of nitrogens with zero attached hydrogens (tertiary/aromatic N) is 2. The third-order valence-corrected chi connectivity index (χ3v) is 4.27. The van der Waals surface area contributed by atoms with Crippen LogP contribution in [0.2, 0.25) is 0 Å². The first kappa shape index (κ1) is 17.0. The number of aryl methyl sites for hydroxylation is 1. The van der Waals surface area contributed by atoms with Crippen molar-refractivity contribution in [2.75, 3.05) is 13.1 Å². The second-order valence-corrected chi connectivity index (χ2v) is 6.37. The molecule has 2 atom stereocenters. The summed E-state index contributed by atoms with van der Waals surface area (Å²) in [6.07, 6.45) is 5.53. The zero-order chi connectivity index (χ0) is 16.1. The van der Waals surface area contributed by atoms with Crippen molar-refractivity contribution in [1.82, 2.24) is 9.88 Å². The molecule has 22 heavy (non-hydrogen) atoms. The van der Waals surface area contributed by atoms with E-state index < -0.39 is 0 Å². The largest absolute Gasteiger partial charge is 0.448 e. The summed E-state index contributed by atoms with van der Waals surface area (Å²) in [4.78, 5) is 18.8. The molecule has 0 bridgehead atoms. The van der Waals surface area contributed by atoms with Gasteiger partial charge in [0, 0.05) is 19.5 Å². The minimum absolute atomic E-state index is 0.0268. The van der Waals surface area contributed by atoms with E-state index in [0.717, 1.165) is 19.3 Å². The Kier molecular flexibility index (Phi) is 6.00. The first-order chi connectivity index (χ1) is 10.6. The molecule has 1 amide bonds. The summed E-state index contributed by atoms with van der Waals surface area (Å²) in [5.74, 6) is 1.03. The zero-order valence-corrected chi connectivity index (χ0v) is 14.2. The maximum absolute atomic E-state index is 12.8. The monoisotopic (exact) mass is 308 g/mol. The van der Waals surface area contributed by atoms with Crippen LogP contribution in [0.1, 0.15) is 63.2 Å². The number of unbranched alkanes of at least 4 members (excludes halogenated alkanes) is 1. The molecule has 0 aromatic carbocycles. The lowest BCUT2D eigenvalue weighted by Crippen LogP contribution is -2.51. The zero-order valence-electron chi connectivity index (χ0n) is 14.2. The number of aromatic nitrogens is 1. The number of carbonyl (C=O) groups excluding carboxylic acids is 1. The summed E-state index contributed by atoms with van der Waals surface area (Å²) >= 11 is 0. The summed E-state index contributed by atoms with van der Waals surface area (Å²) in [7, 11) is 0. The lowest BCUT2D eigenvalue weighted by Gasteiger charge is -2.39. The van der Waals surface area contributed by atoms with Crippen molar-refractivity contribution in [1.29, 1.82) is 0 Å². The Morgan fingerprint density at radius 1 is 1.41 bits per heavy atom. The van der Waals surface area contributed by atoms with E-state index in [9.17, 15) is 4.79 Å². The molecule has 0 saturated carbocycles. The third-order valence-electron chi connectivity index (χ3n) is 4.27. The molecule has 5 heteroatoms. The Bertz CT molecular complexity index is 484. The van der Waals surface area contributed by atoms with E-state index in [4.69, 9.17) is 9.15 Å². The molecule has 5 nitrogen and oxygen atoms in total. The van der Waals surface area contributed by atoms with Gasteiger partial charge in [0.25, 0.3) is 5.91 Å². The molecule has 0 radical (unpaired) electrons. The molecule has 124 valence electrons. The van der Waals surface area contributed by atoms with E-state index in [1.807, 2.05) is 11.8 Å². The quantitative estimate of drug-likeness (QED) is 0.809. The second-order valence-electron chi connectivity index (χ2n) is 6.37. The summed E-state index contributed by atoms with van der Waals surface area (Å²) in [5, 5.41) is 0. The maximum atomic E-state index is 12.8. The highest BCUT2D eigenvalue weighted by Gasteiger charge is 2.33. The number of ether oxygens (including phenoxy) is 1. The van der Waals surface area contributed by atoms with Gasteiger partial charge in [-0.05, 0) is 12.3 Å². The van der Waals surface area contributed by atoms with Crippen LogP contribution in [0.15, 0.2) is 10.8 Å². The van der Waals surface area contributed by atoms with Crippen LogP contribution >= 0.6 is 0 Å². The van der Waals surface area contributed by atoms with Gasteiger partial charge in [0.15, 0.2) is 12.1 Å². The van der Waals surface area contributed by atoms with Crippen molar-refractivity contribution in [2.24, 2.45) is 5.92 Å². The Morgan fingerprint density at radius 2 is 2.18 bits per heavy atom. The standard InChI is InChI=1S/C17H28N2O3/c1-5-7-8-13-9-19(10-15(22-13)12(3)4)17(20)16-14(6-2)21-11-18-16/h11-13,15H,5-10H2,1-4H3/t13-,15-/m1/s1. The van der Waals surface area contributed by atoms with Crippen LogP contribution in [-0.4, -0.2) is 41.1 Å². The van der Waals surface area contributed by atoms with Gasteiger partial charge in [-0.1, -0.05) is 40.5 Å². The lowest BCUT2D eigenvalue weighted by molar-refractivity contribution is -0.0963. The average Bonchev–Trinajstić information content (AvgIpc) is 3.00. The highest BCUT2D eigenvalue weighted by Crippen LogP contribution is 2.23. The van der Waals surface area contributed by atoms with Gasteiger partial charge in [-0.25, -0.2) is 4.98 Å². The molecule has 1 aliphatic heterocycles. The van der Waals surface area contributed by atoms with Crippen molar-refractivity contribution in [3.8, 4) is 0 Å². The molecule has 2 heterocycles. The van der Waals surface area contributed by atoms with Crippen LogP contribution in [0.4, 0.5) is 0 Å². The van der Waals surface area contributed by atoms with Gasteiger partial charge < -0.3 is 14.1 Å². The van der Waals surface area contributed by atoms with E-state index in [1.54, 1.807) is 0 Å². The number of hydrogen-bond donors (Lipinski definition) is 0. The summed E-state index contributed by atoms with van der Waals surface area (Å²) in [6.45, 7) is 9.71. The van der Waals surface area contributed by atoms with Gasteiger partial charge >= 0.3 is 0 Å². The summed E-state index contributed by atoms with van der Waals surface area (Å²) in [5.41, 5.74) is 0.459. The average molecular weight is 308 g/mol. The number of rotatable bonds is 6. The molecule has 0 aliphatic carbocycles. The molecule has 1 aliphatic rings. The Morgan fingerprint density at radius 3 is 2.82 bits per heavy atom. The van der Waals surface area contributed by atoms with E-state index in [-0.39, 0.29) is 18.1 Å². The molecule has 2 rings (SSSR count). The normalized spacial score (nSPS) is 22.3. The van der Waals surface area contributed by atoms with E-state index in [2.05, 4.69) is 25.8 Å². The smallest absolute Gasteiger partial charge is 0.276 e. The minimum atomic E-state index is -0.0268. The van der Waals surface area contributed by atoms with Crippen LogP contribution in [0.5, 0.6) is 0 Å². The van der Waals surface area contributed by atoms with Crippen LogP contribution in [0.3, 0.4) is 0 Å². The topological polar surface area (TPSA) is 55.6 Å². The number of carbonyl (C=O) groups is 1. The van der Waals surface area contributed by atoms with E-state index in [0.29, 0.717) is 36.9 Å². The molecule has 0 unspecified atom stereocenters. The molecular weight excluding hydrogens is 280 g/mol. The minimum Gasteiger partial charge on any atom is -0.448 e. The van der Waals surface area contributed by atoms with Gasteiger partial charge in [-0.15, -0.1) is 0 Å². The van der Waals surface area contributed by atoms with Gasteiger partial charge in [-0.2, -0.15) is 0 Å². The van der Waals surface area contributed by atoms with E-state index in [1.165, 1.54) is 6.39 Å². The van der Waals surface area contributed by atoms with Crippen LogP contribution in [0.25, 0.3) is 0 Å². The predicted molar refractivity (Wildman–Crippen MR) is 84.8 cm³/mol. The molecule has 1 fully saturated rings. The summed E-state index contributed by atoms with van der Waals surface area (Å²) in [6, 6.07) is 0. The number of amides is 1. The van der Waals surface area contributed by atoms with Crippen molar-refractivity contribution in [2.45, 2.75) is 65.6 Å². The lowest BCUT2D eigenvalue weighted by atomic mass is 10.0.